The highest BCUT2D eigenvalue weighted by molar-refractivity contribution is 9.10. The molecule has 0 amide bonds. The van der Waals surface area contributed by atoms with Gasteiger partial charge in [-0.15, -0.1) is 0 Å². The average molecular weight is 310 g/mol. The number of hydrogen-bond donors (Lipinski definition) is 2. The maximum atomic E-state index is 13.3. The first-order valence-electron chi connectivity index (χ1n) is 5.50. The second-order valence-electron chi connectivity index (χ2n) is 3.95. The Kier molecular flexibility index (Phi) is 4.41. The maximum Gasteiger partial charge on any atom is 0.123 e. The highest BCUT2D eigenvalue weighted by Crippen LogP contribution is 2.26. The van der Waals surface area contributed by atoms with Crippen LogP contribution < -0.4 is 11.3 Å². The van der Waals surface area contributed by atoms with Crippen molar-refractivity contribution in [2.45, 2.75) is 12.5 Å². The molecule has 3 N–H and O–H groups in total. The molecule has 0 aliphatic heterocycles. The first-order valence-corrected chi connectivity index (χ1v) is 6.30. The standard InChI is InChI=1S/C13H13BrFN3/c14-12-4-3-10(15)7-11(12)13(18-16)6-9-2-1-5-17-8-9/h1-5,7-8,13,18H,6,16H2. The van der Waals surface area contributed by atoms with Gasteiger partial charge in [0.15, 0.2) is 0 Å². The Balaban J connectivity index is 2.26. The lowest BCUT2D eigenvalue weighted by Gasteiger charge is -2.17. The quantitative estimate of drug-likeness (QED) is 0.674. The number of rotatable bonds is 4. The van der Waals surface area contributed by atoms with Gasteiger partial charge in [-0.05, 0) is 41.8 Å². The van der Waals surface area contributed by atoms with Gasteiger partial charge in [-0.1, -0.05) is 22.0 Å². The highest BCUT2D eigenvalue weighted by atomic mass is 79.9. The molecule has 0 bridgehead atoms. The number of nitrogens with one attached hydrogen (secondary N) is 1. The molecule has 0 radical (unpaired) electrons. The summed E-state index contributed by atoms with van der Waals surface area (Å²) < 4.78 is 14.1. The zero-order valence-electron chi connectivity index (χ0n) is 9.61. The minimum absolute atomic E-state index is 0.167. The van der Waals surface area contributed by atoms with E-state index in [1.165, 1.54) is 12.1 Å². The Labute approximate surface area is 113 Å². The number of pyridine rings is 1. The predicted molar refractivity (Wildman–Crippen MR) is 72.1 cm³/mol. The summed E-state index contributed by atoms with van der Waals surface area (Å²) in [6, 6.07) is 8.22. The molecular weight excluding hydrogens is 297 g/mol. The van der Waals surface area contributed by atoms with E-state index in [0.717, 1.165) is 15.6 Å². The second-order valence-corrected chi connectivity index (χ2v) is 4.80. The molecular formula is C13H13BrFN3. The largest absolute Gasteiger partial charge is 0.271 e. The Morgan fingerprint density at radius 2 is 2.22 bits per heavy atom. The Hall–Kier alpha value is -1.30. The number of aromatic nitrogens is 1. The number of nitrogens with two attached hydrogens (primary N) is 1. The first kappa shape index (κ1) is 13.1. The van der Waals surface area contributed by atoms with Crippen molar-refractivity contribution in [3.8, 4) is 0 Å². The van der Waals surface area contributed by atoms with Gasteiger partial charge < -0.3 is 0 Å². The number of hydrazine groups is 1. The lowest BCUT2D eigenvalue weighted by Crippen LogP contribution is -2.30. The van der Waals surface area contributed by atoms with E-state index in [2.05, 4.69) is 26.3 Å². The number of nitrogens with zero attached hydrogens (tertiary/aromatic N) is 1. The Bertz CT molecular complexity index is 519. The molecule has 0 spiro atoms. The molecule has 1 aromatic carbocycles. The first-order chi connectivity index (χ1) is 8.70. The van der Waals surface area contributed by atoms with Crippen LogP contribution in [0.5, 0.6) is 0 Å². The number of hydrogen-bond acceptors (Lipinski definition) is 3. The van der Waals surface area contributed by atoms with Gasteiger partial charge in [-0.2, -0.15) is 0 Å². The van der Waals surface area contributed by atoms with Gasteiger partial charge in [0.05, 0.1) is 6.04 Å². The second kappa shape index (κ2) is 6.04. The number of halogens is 2. The molecule has 2 aromatic rings. The van der Waals surface area contributed by atoms with Crippen molar-refractivity contribution in [1.29, 1.82) is 0 Å². The predicted octanol–water partition coefficient (Wildman–Crippen LogP) is 2.73. The van der Waals surface area contributed by atoms with Crippen molar-refractivity contribution in [2.24, 2.45) is 5.84 Å². The topological polar surface area (TPSA) is 50.9 Å². The molecule has 1 heterocycles. The summed E-state index contributed by atoms with van der Waals surface area (Å²) in [4.78, 5) is 4.05. The van der Waals surface area contributed by atoms with Crippen molar-refractivity contribution in [2.75, 3.05) is 0 Å². The lowest BCUT2D eigenvalue weighted by molar-refractivity contribution is 0.541. The summed E-state index contributed by atoms with van der Waals surface area (Å²) in [5.41, 5.74) is 4.54. The minimum Gasteiger partial charge on any atom is -0.271 e. The summed E-state index contributed by atoms with van der Waals surface area (Å²) in [6.07, 6.45) is 4.14. The van der Waals surface area contributed by atoms with Gasteiger partial charge in [0, 0.05) is 16.9 Å². The normalized spacial score (nSPS) is 12.4. The fourth-order valence-corrected chi connectivity index (χ4v) is 2.32. The maximum absolute atomic E-state index is 13.3. The van der Waals surface area contributed by atoms with E-state index in [4.69, 9.17) is 5.84 Å². The van der Waals surface area contributed by atoms with Gasteiger partial charge in [-0.3, -0.25) is 16.3 Å². The van der Waals surface area contributed by atoms with Crippen molar-refractivity contribution in [3.05, 3.63) is 64.1 Å². The summed E-state index contributed by atoms with van der Waals surface area (Å²) in [7, 11) is 0. The van der Waals surface area contributed by atoms with E-state index in [9.17, 15) is 4.39 Å². The van der Waals surface area contributed by atoms with Crippen molar-refractivity contribution < 1.29 is 4.39 Å². The van der Waals surface area contributed by atoms with E-state index in [0.29, 0.717) is 6.42 Å². The van der Waals surface area contributed by atoms with Crippen LogP contribution in [-0.2, 0) is 6.42 Å². The van der Waals surface area contributed by atoms with E-state index >= 15 is 0 Å². The van der Waals surface area contributed by atoms with Crippen LogP contribution in [0.2, 0.25) is 0 Å². The fourth-order valence-electron chi connectivity index (χ4n) is 1.79. The van der Waals surface area contributed by atoms with Crippen LogP contribution in [0, 0.1) is 5.82 Å². The van der Waals surface area contributed by atoms with Crippen LogP contribution in [0.3, 0.4) is 0 Å². The number of benzene rings is 1. The van der Waals surface area contributed by atoms with Gasteiger partial charge in [0.2, 0.25) is 0 Å². The summed E-state index contributed by atoms with van der Waals surface area (Å²) >= 11 is 3.41. The molecule has 1 aromatic heterocycles. The smallest absolute Gasteiger partial charge is 0.123 e. The Morgan fingerprint density at radius 3 is 2.89 bits per heavy atom. The molecule has 18 heavy (non-hydrogen) atoms. The molecule has 3 nitrogen and oxygen atoms in total. The molecule has 0 aliphatic carbocycles. The molecule has 2 rings (SSSR count). The Morgan fingerprint density at radius 1 is 1.39 bits per heavy atom. The lowest BCUT2D eigenvalue weighted by atomic mass is 10.0. The zero-order chi connectivity index (χ0) is 13.0. The fraction of sp³-hybridized carbons (Fsp3) is 0.154. The summed E-state index contributed by atoms with van der Waals surface area (Å²) in [5.74, 6) is 5.28. The van der Waals surface area contributed by atoms with Crippen LogP contribution in [-0.4, -0.2) is 4.98 Å². The molecule has 0 fully saturated rings. The van der Waals surface area contributed by atoms with Gasteiger partial charge in [0.1, 0.15) is 5.82 Å². The third kappa shape index (κ3) is 3.13. The molecule has 0 aliphatic rings. The summed E-state index contributed by atoms with van der Waals surface area (Å²) in [6.45, 7) is 0. The molecule has 1 atom stereocenters. The van der Waals surface area contributed by atoms with Crippen LogP contribution in [0.15, 0.2) is 47.2 Å². The van der Waals surface area contributed by atoms with Crippen LogP contribution in [0.1, 0.15) is 17.2 Å². The molecule has 94 valence electrons. The monoisotopic (exact) mass is 309 g/mol. The zero-order valence-corrected chi connectivity index (χ0v) is 11.2. The van der Waals surface area contributed by atoms with Crippen molar-refractivity contribution >= 4 is 15.9 Å². The average Bonchev–Trinajstić information content (AvgIpc) is 2.40. The van der Waals surface area contributed by atoms with Gasteiger partial charge >= 0.3 is 0 Å². The van der Waals surface area contributed by atoms with Crippen LogP contribution >= 0.6 is 15.9 Å². The summed E-state index contributed by atoms with van der Waals surface area (Å²) in [5, 5.41) is 0. The van der Waals surface area contributed by atoms with E-state index in [1.807, 2.05) is 12.1 Å². The molecule has 1 unspecified atom stereocenters. The molecule has 5 heteroatoms. The van der Waals surface area contributed by atoms with Crippen molar-refractivity contribution in [1.82, 2.24) is 10.4 Å². The van der Waals surface area contributed by atoms with Gasteiger partial charge in [0.25, 0.3) is 0 Å². The highest BCUT2D eigenvalue weighted by Gasteiger charge is 2.14. The minimum atomic E-state index is -0.278. The van der Waals surface area contributed by atoms with Crippen molar-refractivity contribution in [3.63, 3.8) is 0 Å². The molecule has 0 saturated heterocycles. The third-order valence-corrected chi connectivity index (χ3v) is 3.42. The van der Waals surface area contributed by atoms with Gasteiger partial charge in [-0.25, -0.2) is 4.39 Å². The van der Waals surface area contributed by atoms with Crippen LogP contribution in [0.25, 0.3) is 0 Å². The van der Waals surface area contributed by atoms with E-state index in [-0.39, 0.29) is 11.9 Å². The molecule has 0 saturated carbocycles. The van der Waals surface area contributed by atoms with Crippen LogP contribution in [0.4, 0.5) is 4.39 Å². The SMILES string of the molecule is NNC(Cc1cccnc1)c1cc(F)ccc1Br. The third-order valence-electron chi connectivity index (χ3n) is 2.70. The van der Waals surface area contributed by atoms with E-state index in [1.54, 1.807) is 18.5 Å². The van der Waals surface area contributed by atoms with E-state index < -0.39 is 0 Å².